The fourth-order valence-electron chi connectivity index (χ4n) is 1.03. The summed E-state index contributed by atoms with van der Waals surface area (Å²) in [4.78, 5) is 10.1. The van der Waals surface area contributed by atoms with Gasteiger partial charge in [-0.25, -0.2) is 0 Å². The van der Waals surface area contributed by atoms with E-state index in [0.717, 1.165) is 5.56 Å². The van der Waals surface area contributed by atoms with Crippen LogP contribution in [0, 0.1) is 10.1 Å². The molecule has 70 valence electrons. The summed E-state index contributed by atoms with van der Waals surface area (Å²) in [6.45, 7) is 1.78. The molecule has 0 fully saturated rings. The zero-order valence-electron chi connectivity index (χ0n) is 7.03. The van der Waals surface area contributed by atoms with Crippen LogP contribution in [0.1, 0.15) is 18.5 Å². The van der Waals surface area contributed by atoms with Crippen molar-refractivity contribution in [2.75, 3.05) is 0 Å². The minimum absolute atomic E-state index is 0.0507. The van der Waals surface area contributed by atoms with Crippen LogP contribution in [0.3, 0.4) is 0 Å². The molecule has 0 saturated carbocycles. The normalized spacial score (nSPS) is 12.5. The first-order valence-electron chi connectivity index (χ1n) is 3.72. The summed E-state index contributed by atoms with van der Waals surface area (Å²) in [5, 5.41) is 10.5. The maximum Gasteiger partial charge on any atom is 0.283 e. The molecular weight excluding hydrogens is 236 g/mol. The number of nitrogens with two attached hydrogens (primary N) is 1. The summed E-state index contributed by atoms with van der Waals surface area (Å²) in [5.41, 5.74) is 6.43. The maximum absolute atomic E-state index is 10.5. The van der Waals surface area contributed by atoms with E-state index < -0.39 is 4.92 Å². The highest BCUT2D eigenvalue weighted by atomic mass is 79.9. The van der Waals surface area contributed by atoms with Crippen molar-refractivity contribution in [1.29, 1.82) is 0 Å². The second-order valence-corrected chi connectivity index (χ2v) is 3.52. The molecule has 0 aliphatic rings. The molecule has 0 spiro atoms. The third-order valence-electron chi connectivity index (χ3n) is 1.70. The standard InChI is InChI=1S/C8H9BrN2O2/c1-5(10)6-3-2-4-7(8(6)9)11(12)13/h2-5H,10H2,1H3. The maximum atomic E-state index is 10.5. The van der Waals surface area contributed by atoms with Gasteiger partial charge in [0.15, 0.2) is 0 Å². The SMILES string of the molecule is CC(N)c1cccc([N+](=O)[O-])c1Br. The van der Waals surface area contributed by atoms with E-state index in [0.29, 0.717) is 4.47 Å². The monoisotopic (exact) mass is 244 g/mol. The second-order valence-electron chi connectivity index (χ2n) is 2.73. The summed E-state index contributed by atoms with van der Waals surface area (Å²) in [6, 6.07) is 4.62. The largest absolute Gasteiger partial charge is 0.324 e. The Labute approximate surface area is 84.0 Å². The van der Waals surface area contributed by atoms with Gasteiger partial charge in [0.1, 0.15) is 0 Å². The third-order valence-corrected chi connectivity index (χ3v) is 2.56. The van der Waals surface area contributed by atoms with Crippen molar-refractivity contribution >= 4 is 21.6 Å². The molecule has 0 heterocycles. The van der Waals surface area contributed by atoms with Crippen LogP contribution in [0.2, 0.25) is 0 Å². The predicted molar refractivity (Wildman–Crippen MR) is 53.4 cm³/mol. The molecule has 5 heteroatoms. The Hall–Kier alpha value is -0.940. The lowest BCUT2D eigenvalue weighted by Gasteiger charge is -2.07. The fourth-order valence-corrected chi connectivity index (χ4v) is 1.80. The Morgan fingerprint density at radius 3 is 2.69 bits per heavy atom. The molecular formula is C8H9BrN2O2. The Kier molecular flexibility index (Phi) is 3.00. The van der Waals surface area contributed by atoms with Crippen molar-refractivity contribution in [3.8, 4) is 0 Å². The zero-order chi connectivity index (χ0) is 10.0. The summed E-state index contributed by atoms with van der Waals surface area (Å²) >= 11 is 3.16. The Morgan fingerprint density at radius 1 is 1.62 bits per heavy atom. The third kappa shape index (κ3) is 2.05. The van der Waals surface area contributed by atoms with E-state index in [-0.39, 0.29) is 11.7 Å². The molecule has 0 aliphatic heterocycles. The van der Waals surface area contributed by atoms with Gasteiger partial charge in [0.05, 0.1) is 9.40 Å². The van der Waals surface area contributed by atoms with Crippen LogP contribution in [0.25, 0.3) is 0 Å². The molecule has 0 bridgehead atoms. The van der Waals surface area contributed by atoms with Crippen molar-refractivity contribution in [3.63, 3.8) is 0 Å². The first kappa shape index (κ1) is 10.1. The van der Waals surface area contributed by atoms with E-state index in [2.05, 4.69) is 15.9 Å². The molecule has 13 heavy (non-hydrogen) atoms. The molecule has 1 unspecified atom stereocenters. The van der Waals surface area contributed by atoms with Crippen LogP contribution < -0.4 is 5.73 Å². The minimum Gasteiger partial charge on any atom is -0.324 e. The molecule has 0 aliphatic carbocycles. The number of rotatable bonds is 2. The van der Waals surface area contributed by atoms with E-state index in [9.17, 15) is 10.1 Å². The number of benzene rings is 1. The quantitative estimate of drug-likeness (QED) is 0.642. The molecule has 0 radical (unpaired) electrons. The average molecular weight is 245 g/mol. The van der Waals surface area contributed by atoms with Gasteiger partial charge < -0.3 is 5.73 Å². The lowest BCUT2D eigenvalue weighted by Crippen LogP contribution is -2.06. The number of nitro groups is 1. The van der Waals surface area contributed by atoms with Gasteiger partial charge in [-0.3, -0.25) is 10.1 Å². The summed E-state index contributed by atoms with van der Waals surface area (Å²) in [7, 11) is 0. The molecule has 4 nitrogen and oxygen atoms in total. The van der Waals surface area contributed by atoms with Gasteiger partial charge in [-0.15, -0.1) is 0 Å². The van der Waals surface area contributed by atoms with Crippen LogP contribution in [0.15, 0.2) is 22.7 Å². The van der Waals surface area contributed by atoms with E-state index in [1.807, 2.05) is 0 Å². The van der Waals surface area contributed by atoms with E-state index in [4.69, 9.17) is 5.73 Å². The van der Waals surface area contributed by atoms with Gasteiger partial charge in [0.2, 0.25) is 0 Å². The smallest absolute Gasteiger partial charge is 0.283 e. The van der Waals surface area contributed by atoms with Gasteiger partial charge in [-0.2, -0.15) is 0 Å². The predicted octanol–water partition coefficient (Wildman–Crippen LogP) is 2.38. The molecule has 0 aromatic heterocycles. The van der Waals surface area contributed by atoms with Crippen LogP contribution in [0.5, 0.6) is 0 Å². The molecule has 0 amide bonds. The number of hydrogen-bond donors (Lipinski definition) is 1. The lowest BCUT2D eigenvalue weighted by atomic mass is 10.1. The molecule has 2 N–H and O–H groups in total. The highest BCUT2D eigenvalue weighted by Gasteiger charge is 2.16. The average Bonchev–Trinajstić information content (AvgIpc) is 2.03. The molecule has 1 aromatic carbocycles. The summed E-state index contributed by atoms with van der Waals surface area (Å²) in [5.74, 6) is 0. The lowest BCUT2D eigenvalue weighted by molar-refractivity contribution is -0.385. The fraction of sp³-hybridized carbons (Fsp3) is 0.250. The van der Waals surface area contributed by atoms with Gasteiger partial charge in [0.25, 0.3) is 5.69 Å². The number of nitrogens with zero attached hydrogens (tertiary/aromatic N) is 1. The Bertz CT molecular complexity index is 339. The van der Waals surface area contributed by atoms with Crippen LogP contribution in [-0.2, 0) is 0 Å². The Balaban J connectivity index is 3.26. The van der Waals surface area contributed by atoms with Crippen molar-refractivity contribution in [2.24, 2.45) is 5.73 Å². The molecule has 1 rings (SSSR count). The van der Waals surface area contributed by atoms with Crippen molar-refractivity contribution < 1.29 is 4.92 Å². The van der Waals surface area contributed by atoms with E-state index in [1.54, 1.807) is 19.1 Å². The number of halogens is 1. The summed E-state index contributed by atoms with van der Waals surface area (Å²) < 4.78 is 0.468. The summed E-state index contributed by atoms with van der Waals surface area (Å²) in [6.07, 6.45) is 0. The Morgan fingerprint density at radius 2 is 2.23 bits per heavy atom. The van der Waals surface area contributed by atoms with Crippen LogP contribution >= 0.6 is 15.9 Å². The first-order valence-corrected chi connectivity index (χ1v) is 4.51. The zero-order valence-corrected chi connectivity index (χ0v) is 8.61. The molecule has 1 aromatic rings. The van der Waals surface area contributed by atoms with Crippen molar-refractivity contribution in [1.82, 2.24) is 0 Å². The van der Waals surface area contributed by atoms with Crippen LogP contribution in [0.4, 0.5) is 5.69 Å². The second kappa shape index (κ2) is 3.85. The molecule has 1 atom stereocenters. The van der Waals surface area contributed by atoms with Gasteiger partial charge in [0, 0.05) is 12.1 Å². The van der Waals surface area contributed by atoms with Crippen molar-refractivity contribution in [2.45, 2.75) is 13.0 Å². The van der Waals surface area contributed by atoms with E-state index in [1.165, 1.54) is 6.07 Å². The number of nitro benzene ring substituents is 1. The number of hydrogen-bond acceptors (Lipinski definition) is 3. The topological polar surface area (TPSA) is 69.2 Å². The molecule has 0 saturated heterocycles. The van der Waals surface area contributed by atoms with Crippen molar-refractivity contribution in [3.05, 3.63) is 38.3 Å². The highest BCUT2D eigenvalue weighted by Crippen LogP contribution is 2.30. The minimum atomic E-state index is -0.435. The highest BCUT2D eigenvalue weighted by molar-refractivity contribution is 9.10. The van der Waals surface area contributed by atoms with E-state index >= 15 is 0 Å². The first-order chi connectivity index (χ1) is 6.04. The van der Waals surface area contributed by atoms with Gasteiger partial charge >= 0.3 is 0 Å². The van der Waals surface area contributed by atoms with Gasteiger partial charge in [-0.05, 0) is 28.4 Å². The van der Waals surface area contributed by atoms with Gasteiger partial charge in [-0.1, -0.05) is 12.1 Å². The van der Waals surface area contributed by atoms with Crippen LogP contribution in [-0.4, -0.2) is 4.92 Å².